The van der Waals surface area contributed by atoms with Gasteiger partial charge in [-0.15, -0.1) is 0 Å². The van der Waals surface area contributed by atoms with Crippen LogP contribution in [-0.2, 0) is 0 Å². The highest BCUT2D eigenvalue weighted by atomic mass is 15.3. The summed E-state index contributed by atoms with van der Waals surface area (Å²) < 4.78 is 1.16. The minimum Gasteiger partial charge on any atom is -0.328 e. The van der Waals surface area contributed by atoms with Gasteiger partial charge in [-0.25, -0.2) is 0 Å². The first-order chi connectivity index (χ1) is 10.5. The molecule has 0 saturated carbocycles. The molecule has 0 spiro atoms. The second-order valence-electron chi connectivity index (χ2n) is 8.24. The minimum absolute atomic E-state index is 0.877. The van der Waals surface area contributed by atoms with E-state index in [9.17, 15) is 0 Å². The number of hydrogen-bond acceptors (Lipinski definition) is 0. The average Bonchev–Trinajstić information content (AvgIpc) is 2.46. The Bertz CT molecular complexity index is 216. The van der Waals surface area contributed by atoms with Crippen molar-refractivity contribution < 1.29 is 4.48 Å². The summed E-state index contributed by atoms with van der Waals surface area (Å²) in [6.07, 6.45) is 21.5. The van der Waals surface area contributed by atoms with Gasteiger partial charge in [-0.05, 0) is 25.7 Å². The second-order valence-corrected chi connectivity index (χ2v) is 8.24. The minimum atomic E-state index is 0.877. The van der Waals surface area contributed by atoms with Gasteiger partial charge >= 0.3 is 0 Å². The molecule has 0 saturated heterocycles. The van der Waals surface area contributed by atoms with Crippen molar-refractivity contribution in [2.75, 3.05) is 21.1 Å². The lowest BCUT2D eigenvalue weighted by atomic mass is 9.98. The largest absolute Gasteiger partial charge is 0.328 e. The first-order valence-corrected chi connectivity index (χ1v) is 10.3. The molecule has 0 bridgehead atoms. The van der Waals surface area contributed by atoms with E-state index in [4.69, 9.17) is 0 Å². The van der Waals surface area contributed by atoms with E-state index in [0.29, 0.717) is 0 Å². The number of rotatable bonds is 16. The molecule has 134 valence electrons. The molecule has 0 aromatic heterocycles. The van der Waals surface area contributed by atoms with Crippen LogP contribution in [0, 0.1) is 0 Å². The smallest absolute Gasteiger partial charge is 0.0884 e. The Morgan fingerprint density at radius 2 is 0.818 bits per heavy atom. The Labute approximate surface area is 142 Å². The van der Waals surface area contributed by atoms with Crippen molar-refractivity contribution in [3.8, 4) is 0 Å². The molecule has 0 heterocycles. The molecule has 1 unspecified atom stereocenters. The summed E-state index contributed by atoms with van der Waals surface area (Å²) in [6.45, 7) is 4.60. The van der Waals surface area contributed by atoms with Gasteiger partial charge in [0.25, 0.3) is 0 Å². The third-order valence-electron chi connectivity index (χ3n) is 5.13. The van der Waals surface area contributed by atoms with E-state index in [-0.39, 0.29) is 0 Å². The van der Waals surface area contributed by atoms with Crippen LogP contribution in [0.1, 0.15) is 110 Å². The molecule has 0 radical (unpaired) electrons. The Hall–Kier alpha value is -0.0400. The summed E-state index contributed by atoms with van der Waals surface area (Å²) in [5, 5.41) is 0. The number of nitrogens with zero attached hydrogens (tertiary/aromatic N) is 1. The molecule has 0 N–H and O–H groups in total. The molecule has 0 aromatic rings. The summed E-state index contributed by atoms with van der Waals surface area (Å²) >= 11 is 0. The lowest BCUT2D eigenvalue weighted by Crippen LogP contribution is -2.45. The second kappa shape index (κ2) is 14.5. The Morgan fingerprint density at radius 1 is 0.500 bits per heavy atom. The van der Waals surface area contributed by atoms with Crippen molar-refractivity contribution in [2.24, 2.45) is 0 Å². The normalized spacial score (nSPS) is 13.5. The number of quaternary nitrogens is 1. The summed E-state index contributed by atoms with van der Waals surface area (Å²) in [4.78, 5) is 0. The molecule has 0 amide bonds. The molecule has 0 aliphatic carbocycles. The summed E-state index contributed by atoms with van der Waals surface area (Å²) in [5.74, 6) is 0. The Kier molecular flexibility index (Phi) is 14.5. The maximum Gasteiger partial charge on any atom is 0.0884 e. The van der Waals surface area contributed by atoms with Gasteiger partial charge < -0.3 is 4.48 Å². The van der Waals surface area contributed by atoms with Gasteiger partial charge in [-0.2, -0.15) is 0 Å². The van der Waals surface area contributed by atoms with Crippen LogP contribution in [-0.4, -0.2) is 31.7 Å². The van der Waals surface area contributed by atoms with Crippen LogP contribution in [0.25, 0.3) is 0 Å². The fraction of sp³-hybridized carbons (Fsp3) is 1.00. The van der Waals surface area contributed by atoms with E-state index in [1.54, 1.807) is 0 Å². The SMILES string of the molecule is CCCCCCCCCCC(CCCCCCC)[N+](C)(C)C. The topological polar surface area (TPSA) is 0 Å². The van der Waals surface area contributed by atoms with Crippen molar-refractivity contribution in [1.82, 2.24) is 0 Å². The highest BCUT2D eigenvalue weighted by Gasteiger charge is 2.22. The fourth-order valence-corrected chi connectivity index (χ4v) is 3.42. The zero-order valence-electron chi connectivity index (χ0n) is 16.6. The van der Waals surface area contributed by atoms with Gasteiger partial charge in [0.1, 0.15) is 0 Å². The number of hydrogen-bond donors (Lipinski definition) is 0. The van der Waals surface area contributed by atoms with Crippen LogP contribution in [0.4, 0.5) is 0 Å². The molecule has 0 fully saturated rings. The van der Waals surface area contributed by atoms with Crippen molar-refractivity contribution in [1.29, 1.82) is 0 Å². The van der Waals surface area contributed by atoms with E-state index < -0.39 is 0 Å². The summed E-state index contributed by atoms with van der Waals surface area (Å²) in [6, 6.07) is 0.877. The third kappa shape index (κ3) is 13.6. The monoisotopic (exact) mass is 312 g/mol. The molecule has 0 aromatic carbocycles. The average molecular weight is 313 g/mol. The van der Waals surface area contributed by atoms with Gasteiger partial charge in [-0.3, -0.25) is 0 Å². The maximum absolute atomic E-state index is 2.39. The van der Waals surface area contributed by atoms with Crippen molar-refractivity contribution >= 4 is 0 Å². The quantitative estimate of drug-likeness (QED) is 0.213. The zero-order chi connectivity index (χ0) is 16.7. The zero-order valence-corrected chi connectivity index (χ0v) is 16.6. The van der Waals surface area contributed by atoms with Gasteiger partial charge in [-0.1, -0.05) is 84.5 Å². The predicted molar refractivity (Wildman–Crippen MR) is 102 cm³/mol. The van der Waals surface area contributed by atoms with Crippen LogP contribution < -0.4 is 0 Å². The van der Waals surface area contributed by atoms with E-state index in [2.05, 4.69) is 35.0 Å². The molecule has 0 aliphatic heterocycles. The van der Waals surface area contributed by atoms with E-state index in [0.717, 1.165) is 10.5 Å². The van der Waals surface area contributed by atoms with E-state index >= 15 is 0 Å². The summed E-state index contributed by atoms with van der Waals surface area (Å²) in [5.41, 5.74) is 0. The lowest BCUT2D eigenvalue weighted by molar-refractivity contribution is -0.896. The van der Waals surface area contributed by atoms with E-state index in [1.807, 2.05) is 0 Å². The van der Waals surface area contributed by atoms with Gasteiger partial charge in [0, 0.05) is 0 Å². The Balaban J connectivity index is 3.68. The molecule has 1 nitrogen and oxygen atoms in total. The molecule has 1 heteroatoms. The van der Waals surface area contributed by atoms with Crippen LogP contribution >= 0.6 is 0 Å². The van der Waals surface area contributed by atoms with Gasteiger partial charge in [0.15, 0.2) is 0 Å². The van der Waals surface area contributed by atoms with E-state index in [1.165, 1.54) is 96.3 Å². The standard InChI is InChI=1S/C21H46N/c1-6-8-10-12-13-14-16-18-20-21(22(3,4)5)19-17-15-11-9-7-2/h21H,6-20H2,1-5H3/q+1. The first kappa shape index (κ1) is 22.0. The first-order valence-electron chi connectivity index (χ1n) is 10.3. The highest BCUT2D eigenvalue weighted by Crippen LogP contribution is 2.20. The maximum atomic E-state index is 2.39. The molecular formula is C21H46N+. The van der Waals surface area contributed by atoms with Crippen LogP contribution in [0.2, 0.25) is 0 Å². The third-order valence-corrected chi connectivity index (χ3v) is 5.13. The summed E-state index contributed by atoms with van der Waals surface area (Å²) in [7, 11) is 7.17. The molecule has 22 heavy (non-hydrogen) atoms. The molecular weight excluding hydrogens is 266 g/mol. The van der Waals surface area contributed by atoms with Crippen molar-refractivity contribution in [2.45, 2.75) is 116 Å². The van der Waals surface area contributed by atoms with Crippen LogP contribution in [0.5, 0.6) is 0 Å². The lowest BCUT2D eigenvalue weighted by Gasteiger charge is -2.34. The highest BCUT2D eigenvalue weighted by molar-refractivity contribution is 4.60. The molecule has 0 aliphatic rings. The van der Waals surface area contributed by atoms with Crippen LogP contribution in [0.15, 0.2) is 0 Å². The number of unbranched alkanes of at least 4 members (excludes halogenated alkanes) is 11. The van der Waals surface area contributed by atoms with Gasteiger partial charge in [0.05, 0.1) is 27.2 Å². The van der Waals surface area contributed by atoms with Gasteiger partial charge in [0.2, 0.25) is 0 Å². The fourth-order valence-electron chi connectivity index (χ4n) is 3.42. The molecule has 1 atom stereocenters. The molecule has 0 rings (SSSR count). The van der Waals surface area contributed by atoms with Crippen molar-refractivity contribution in [3.05, 3.63) is 0 Å². The van der Waals surface area contributed by atoms with Crippen LogP contribution in [0.3, 0.4) is 0 Å². The Morgan fingerprint density at radius 3 is 1.14 bits per heavy atom. The predicted octanol–water partition coefficient (Wildman–Crippen LogP) is 6.95. The van der Waals surface area contributed by atoms with Crippen molar-refractivity contribution in [3.63, 3.8) is 0 Å².